The average molecular weight is 313 g/mol. The Labute approximate surface area is 114 Å². The number of ether oxygens (including phenoxy) is 2. The summed E-state index contributed by atoms with van der Waals surface area (Å²) in [6.45, 7) is 0. The van der Waals surface area contributed by atoms with Crippen molar-refractivity contribution >= 4 is 33.9 Å². The number of hydrogen-bond acceptors (Lipinski definition) is 4. The van der Waals surface area contributed by atoms with Gasteiger partial charge in [-0.25, -0.2) is 0 Å². The van der Waals surface area contributed by atoms with E-state index >= 15 is 0 Å². The van der Waals surface area contributed by atoms with Crippen molar-refractivity contribution in [2.75, 3.05) is 14.2 Å². The van der Waals surface area contributed by atoms with Crippen LogP contribution in [0.5, 0.6) is 0 Å². The molecule has 0 saturated carbocycles. The predicted octanol–water partition coefficient (Wildman–Crippen LogP) is 2.42. The van der Waals surface area contributed by atoms with Gasteiger partial charge in [-0.05, 0) is 17.7 Å². The third kappa shape index (κ3) is 4.00. The first-order valence-corrected chi connectivity index (χ1v) is 5.97. The summed E-state index contributed by atoms with van der Waals surface area (Å²) >= 11 is 3.32. The minimum atomic E-state index is -1.04. The Bertz CT molecular complexity index is 435. The number of rotatable bonds is 4. The Morgan fingerprint density at radius 2 is 1.61 bits per heavy atom. The van der Waals surface area contributed by atoms with Crippen LogP contribution in [0.1, 0.15) is 5.56 Å². The molecule has 1 rings (SSSR count). The van der Waals surface area contributed by atoms with E-state index in [1.54, 1.807) is 6.08 Å². The van der Waals surface area contributed by atoms with Gasteiger partial charge in [0, 0.05) is 4.47 Å². The molecule has 0 bridgehead atoms. The van der Waals surface area contributed by atoms with Crippen LogP contribution in [0.3, 0.4) is 0 Å². The van der Waals surface area contributed by atoms with Crippen LogP contribution in [0, 0.1) is 5.92 Å². The number of methoxy groups -OCH3 is 2. The van der Waals surface area contributed by atoms with Gasteiger partial charge in [0.2, 0.25) is 0 Å². The van der Waals surface area contributed by atoms with Crippen LogP contribution in [0.4, 0.5) is 0 Å². The van der Waals surface area contributed by atoms with Crippen molar-refractivity contribution in [2.24, 2.45) is 5.92 Å². The molecule has 0 saturated heterocycles. The summed E-state index contributed by atoms with van der Waals surface area (Å²) in [6, 6.07) is 7.44. The number of benzene rings is 1. The van der Waals surface area contributed by atoms with Gasteiger partial charge in [0.25, 0.3) is 0 Å². The summed E-state index contributed by atoms with van der Waals surface area (Å²) in [5.74, 6) is -2.32. The van der Waals surface area contributed by atoms with Crippen LogP contribution >= 0.6 is 15.9 Å². The second-order valence-corrected chi connectivity index (χ2v) is 4.35. The van der Waals surface area contributed by atoms with E-state index in [0.29, 0.717) is 0 Å². The molecule has 0 spiro atoms. The van der Waals surface area contributed by atoms with Crippen molar-refractivity contribution < 1.29 is 19.1 Å². The third-order valence-electron chi connectivity index (χ3n) is 2.26. The lowest BCUT2D eigenvalue weighted by Crippen LogP contribution is -2.24. The molecule has 1 aromatic carbocycles. The highest BCUT2D eigenvalue weighted by Gasteiger charge is 2.25. The van der Waals surface area contributed by atoms with E-state index in [4.69, 9.17) is 0 Å². The van der Waals surface area contributed by atoms with Crippen LogP contribution < -0.4 is 0 Å². The molecule has 0 aliphatic carbocycles. The molecular formula is C13H13BrO4. The highest BCUT2D eigenvalue weighted by atomic mass is 79.9. The number of halogens is 1. The van der Waals surface area contributed by atoms with Crippen LogP contribution in [0.25, 0.3) is 6.08 Å². The molecule has 18 heavy (non-hydrogen) atoms. The highest BCUT2D eigenvalue weighted by Crippen LogP contribution is 2.13. The maximum absolute atomic E-state index is 11.4. The standard InChI is InChI=1S/C13H13BrO4/c1-17-12(15)11(13(16)18-2)8-5-9-3-6-10(14)7-4-9/h3-8,11H,1-2H3/b8-5+. The SMILES string of the molecule is COC(=O)C(/C=C/c1ccc(Br)cc1)C(=O)OC. The van der Waals surface area contributed by atoms with Crippen molar-refractivity contribution in [1.82, 2.24) is 0 Å². The lowest BCUT2D eigenvalue weighted by atomic mass is 10.1. The molecule has 0 amide bonds. The van der Waals surface area contributed by atoms with E-state index in [0.717, 1.165) is 10.0 Å². The minimum absolute atomic E-state index is 0.643. The molecular weight excluding hydrogens is 300 g/mol. The summed E-state index contributed by atoms with van der Waals surface area (Å²) in [7, 11) is 2.46. The van der Waals surface area contributed by atoms with E-state index in [1.165, 1.54) is 20.3 Å². The fraction of sp³-hybridized carbons (Fsp3) is 0.231. The van der Waals surface area contributed by atoms with E-state index in [9.17, 15) is 9.59 Å². The van der Waals surface area contributed by atoms with Gasteiger partial charge in [-0.2, -0.15) is 0 Å². The number of carbonyl (C=O) groups excluding carboxylic acids is 2. The molecule has 0 heterocycles. The van der Waals surface area contributed by atoms with Crippen molar-refractivity contribution in [2.45, 2.75) is 0 Å². The molecule has 0 N–H and O–H groups in total. The monoisotopic (exact) mass is 312 g/mol. The summed E-state index contributed by atoms with van der Waals surface area (Å²) in [6.07, 6.45) is 3.13. The highest BCUT2D eigenvalue weighted by molar-refractivity contribution is 9.10. The third-order valence-corrected chi connectivity index (χ3v) is 2.79. The zero-order chi connectivity index (χ0) is 13.5. The van der Waals surface area contributed by atoms with Gasteiger partial charge in [0.05, 0.1) is 14.2 Å². The number of esters is 2. The van der Waals surface area contributed by atoms with Crippen molar-refractivity contribution in [3.05, 3.63) is 40.4 Å². The second-order valence-electron chi connectivity index (χ2n) is 3.43. The quantitative estimate of drug-likeness (QED) is 0.633. The van der Waals surface area contributed by atoms with Gasteiger partial charge >= 0.3 is 11.9 Å². The van der Waals surface area contributed by atoms with Crippen LogP contribution in [0.15, 0.2) is 34.8 Å². The fourth-order valence-corrected chi connectivity index (χ4v) is 1.55. The Balaban J connectivity index is 2.86. The first-order valence-electron chi connectivity index (χ1n) is 5.18. The van der Waals surface area contributed by atoms with Crippen molar-refractivity contribution in [3.8, 4) is 0 Å². The summed E-state index contributed by atoms with van der Waals surface area (Å²) in [5, 5.41) is 0. The predicted molar refractivity (Wildman–Crippen MR) is 70.7 cm³/mol. The van der Waals surface area contributed by atoms with Gasteiger partial charge in [0.1, 0.15) is 0 Å². The Morgan fingerprint density at radius 3 is 2.06 bits per heavy atom. The van der Waals surface area contributed by atoms with Gasteiger partial charge < -0.3 is 9.47 Å². The lowest BCUT2D eigenvalue weighted by Gasteiger charge is -2.07. The Morgan fingerprint density at radius 1 is 1.11 bits per heavy atom. The molecule has 0 unspecified atom stereocenters. The van der Waals surface area contributed by atoms with E-state index < -0.39 is 17.9 Å². The molecule has 96 valence electrons. The zero-order valence-corrected chi connectivity index (χ0v) is 11.6. The zero-order valence-electron chi connectivity index (χ0n) is 10.1. The Kier molecular flexibility index (Phi) is 5.58. The Hall–Kier alpha value is -1.62. The first kappa shape index (κ1) is 14.4. The minimum Gasteiger partial charge on any atom is -0.468 e. The van der Waals surface area contributed by atoms with Crippen molar-refractivity contribution in [3.63, 3.8) is 0 Å². The molecule has 0 radical (unpaired) electrons. The lowest BCUT2D eigenvalue weighted by molar-refractivity contribution is -0.156. The van der Waals surface area contributed by atoms with Crippen LogP contribution in [-0.2, 0) is 19.1 Å². The summed E-state index contributed by atoms with van der Waals surface area (Å²) < 4.78 is 10.0. The van der Waals surface area contributed by atoms with E-state index in [2.05, 4.69) is 25.4 Å². The van der Waals surface area contributed by atoms with Crippen LogP contribution in [-0.4, -0.2) is 26.2 Å². The van der Waals surface area contributed by atoms with Crippen LogP contribution in [0.2, 0.25) is 0 Å². The number of hydrogen-bond donors (Lipinski definition) is 0. The summed E-state index contributed by atoms with van der Waals surface area (Å²) in [5.41, 5.74) is 0.871. The van der Waals surface area contributed by atoms with Crippen molar-refractivity contribution in [1.29, 1.82) is 0 Å². The molecule has 0 fully saturated rings. The molecule has 5 heteroatoms. The molecule has 0 aromatic heterocycles. The van der Waals surface area contributed by atoms with Gasteiger partial charge in [-0.3, -0.25) is 9.59 Å². The van der Waals surface area contributed by atoms with Gasteiger partial charge in [-0.1, -0.05) is 40.2 Å². The molecule has 0 aliphatic rings. The molecule has 0 atom stereocenters. The van der Waals surface area contributed by atoms with Gasteiger partial charge in [-0.15, -0.1) is 0 Å². The molecule has 4 nitrogen and oxygen atoms in total. The van der Waals surface area contributed by atoms with Gasteiger partial charge in [0.15, 0.2) is 5.92 Å². The first-order chi connectivity index (χ1) is 8.58. The smallest absolute Gasteiger partial charge is 0.323 e. The maximum atomic E-state index is 11.4. The average Bonchev–Trinajstić information content (AvgIpc) is 2.40. The van der Waals surface area contributed by atoms with E-state index in [-0.39, 0.29) is 0 Å². The second kappa shape index (κ2) is 6.96. The number of carbonyl (C=O) groups is 2. The largest absolute Gasteiger partial charge is 0.468 e. The fourth-order valence-electron chi connectivity index (χ4n) is 1.29. The maximum Gasteiger partial charge on any atom is 0.323 e. The normalized spacial score (nSPS) is 10.7. The van der Waals surface area contributed by atoms with E-state index in [1.807, 2.05) is 24.3 Å². The summed E-state index contributed by atoms with van der Waals surface area (Å²) in [4.78, 5) is 22.8. The molecule has 1 aromatic rings. The molecule has 0 aliphatic heterocycles. The topological polar surface area (TPSA) is 52.6 Å².